The van der Waals surface area contributed by atoms with Crippen molar-refractivity contribution < 1.29 is 9.28 Å². The molecule has 1 aliphatic rings. The lowest BCUT2D eigenvalue weighted by atomic mass is 10.0. The number of nitrogens with one attached hydrogen (secondary N) is 1. The second kappa shape index (κ2) is 6.18. The van der Waals surface area contributed by atoms with E-state index < -0.39 is 0 Å². The number of likely N-dealkylation sites (tertiary alicyclic amines) is 1. The van der Waals surface area contributed by atoms with E-state index in [0.29, 0.717) is 0 Å². The van der Waals surface area contributed by atoms with Crippen molar-refractivity contribution in [1.29, 1.82) is 0 Å². The highest BCUT2D eigenvalue weighted by molar-refractivity contribution is 5.95. The van der Waals surface area contributed by atoms with Gasteiger partial charge in [-0.05, 0) is 31.9 Å². The van der Waals surface area contributed by atoms with Gasteiger partial charge in [0.25, 0.3) is 5.91 Å². The minimum absolute atomic E-state index is 0.0626. The van der Waals surface area contributed by atoms with Crippen molar-refractivity contribution >= 4 is 11.6 Å². The molecule has 0 radical (unpaired) electrons. The average Bonchev–Trinajstić information content (AvgIpc) is 2.82. The van der Waals surface area contributed by atoms with Crippen molar-refractivity contribution in [3.63, 3.8) is 0 Å². The van der Waals surface area contributed by atoms with E-state index in [1.54, 1.807) is 0 Å². The van der Waals surface area contributed by atoms with Crippen LogP contribution in [0.25, 0.3) is 0 Å². The van der Waals surface area contributed by atoms with Gasteiger partial charge in [0.1, 0.15) is 0 Å². The molecule has 0 aliphatic carbocycles. The number of amides is 1. The van der Waals surface area contributed by atoms with Gasteiger partial charge in [-0.3, -0.25) is 4.79 Å². The van der Waals surface area contributed by atoms with Gasteiger partial charge in [0.2, 0.25) is 0 Å². The largest absolute Gasteiger partial charge is 0.320 e. The molecule has 1 aromatic rings. The summed E-state index contributed by atoms with van der Waals surface area (Å²) in [6.07, 6.45) is 3.37. The zero-order valence-corrected chi connectivity index (χ0v) is 14.1. The van der Waals surface area contributed by atoms with Crippen LogP contribution in [-0.2, 0) is 4.79 Å². The van der Waals surface area contributed by atoms with Gasteiger partial charge in [-0.25, -0.2) is 0 Å². The Hall–Kier alpha value is -1.35. The Morgan fingerprint density at radius 3 is 2.19 bits per heavy atom. The highest BCUT2D eigenvalue weighted by Crippen LogP contribution is 2.26. The number of hydrogen-bond donors (Lipinski definition) is 1. The van der Waals surface area contributed by atoms with E-state index in [4.69, 9.17) is 0 Å². The second-order valence-electron chi connectivity index (χ2n) is 6.82. The summed E-state index contributed by atoms with van der Waals surface area (Å²) in [4.78, 5) is 12.8. The third-order valence-corrected chi connectivity index (χ3v) is 4.95. The lowest BCUT2D eigenvalue weighted by Gasteiger charge is -2.36. The van der Waals surface area contributed by atoms with Crippen LogP contribution in [0.3, 0.4) is 0 Å². The highest BCUT2D eigenvalue weighted by atomic mass is 16.2. The van der Waals surface area contributed by atoms with Crippen molar-refractivity contribution in [3.05, 3.63) is 28.8 Å². The third-order valence-electron chi connectivity index (χ3n) is 4.95. The summed E-state index contributed by atoms with van der Waals surface area (Å²) in [5, 5.41) is 3.20. The molecule has 1 amide bonds. The van der Waals surface area contributed by atoms with Crippen LogP contribution in [0.1, 0.15) is 42.9 Å². The third kappa shape index (κ3) is 3.29. The fourth-order valence-electron chi connectivity index (χ4n) is 3.86. The minimum atomic E-state index is 0.0626. The molecule has 1 atom stereocenters. The molecule has 0 saturated carbocycles. The highest BCUT2D eigenvalue weighted by Gasteiger charge is 2.39. The molecule has 0 spiro atoms. The van der Waals surface area contributed by atoms with Gasteiger partial charge in [-0.1, -0.05) is 24.6 Å². The molecule has 1 heterocycles. The number of hydrogen-bond acceptors (Lipinski definition) is 1. The van der Waals surface area contributed by atoms with E-state index in [1.807, 2.05) is 0 Å². The summed E-state index contributed by atoms with van der Waals surface area (Å²) < 4.78 is 0.895. The van der Waals surface area contributed by atoms with Crippen molar-refractivity contribution in [2.45, 2.75) is 53.0 Å². The van der Waals surface area contributed by atoms with Gasteiger partial charge in [0, 0.05) is 24.9 Å². The van der Waals surface area contributed by atoms with Gasteiger partial charge in [0.05, 0.1) is 20.1 Å². The Labute approximate surface area is 128 Å². The van der Waals surface area contributed by atoms with Gasteiger partial charge >= 0.3 is 0 Å². The van der Waals surface area contributed by atoms with Gasteiger partial charge in [0.15, 0.2) is 6.04 Å². The minimum Gasteiger partial charge on any atom is -0.320 e. The zero-order valence-electron chi connectivity index (χ0n) is 14.1. The lowest BCUT2D eigenvalue weighted by Crippen LogP contribution is -2.55. The number of quaternary nitrogens is 1. The first-order chi connectivity index (χ1) is 9.87. The van der Waals surface area contributed by atoms with Crippen LogP contribution in [0.5, 0.6) is 0 Å². The Morgan fingerprint density at radius 2 is 1.71 bits per heavy atom. The van der Waals surface area contributed by atoms with Crippen molar-refractivity contribution in [2.24, 2.45) is 0 Å². The summed E-state index contributed by atoms with van der Waals surface area (Å²) in [7, 11) is 2.23. The molecule has 0 aromatic heterocycles. The Balaban J connectivity index is 2.20. The summed E-state index contributed by atoms with van der Waals surface area (Å²) in [6.45, 7) is 10.6. The van der Waals surface area contributed by atoms with E-state index >= 15 is 0 Å². The van der Waals surface area contributed by atoms with E-state index in [2.05, 4.69) is 52.2 Å². The quantitative estimate of drug-likeness (QED) is 0.844. The fourth-order valence-corrected chi connectivity index (χ4v) is 3.86. The Kier molecular flexibility index (Phi) is 4.72. The number of rotatable bonds is 4. The number of aryl methyl sites for hydroxylation is 3. The molecule has 1 N–H and O–H groups in total. The summed E-state index contributed by atoms with van der Waals surface area (Å²) in [6, 6.07) is 4.33. The van der Waals surface area contributed by atoms with E-state index in [1.165, 1.54) is 18.4 Å². The summed E-state index contributed by atoms with van der Waals surface area (Å²) in [5.41, 5.74) is 4.54. The molecule has 116 valence electrons. The molecule has 21 heavy (non-hydrogen) atoms. The van der Waals surface area contributed by atoms with Crippen LogP contribution in [0.2, 0.25) is 0 Å². The standard InChI is InChI=1S/C18H28N2O/c1-6-16(20(5)9-7-8-10-20)18(21)19-17-14(3)11-13(2)12-15(17)4/h11-12,16H,6-10H2,1-5H3/p+1. The first-order valence-electron chi connectivity index (χ1n) is 8.10. The van der Waals surface area contributed by atoms with Crippen LogP contribution in [0.15, 0.2) is 12.1 Å². The molecule has 1 saturated heterocycles. The zero-order chi connectivity index (χ0) is 15.6. The molecular formula is C18H29N2O+. The van der Waals surface area contributed by atoms with E-state index in [-0.39, 0.29) is 11.9 Å². The SMILES string of the molecule is CCC(C(=O)Nc1c(C)cc(C)cc1C)[N+]1(C)CCCC1. The summed E-state index contributed by atoms with van der Waals surface area (Å²) in [5.74, 6) is 0.178. The van der Waals surface area contributed by atoms with Crippen molar-refractivity contribution in [2.75, 3.05) is 25.5 Å². The van der Waals surface area contributed by atoms with Crippen LogP contribution >= 0.6 is 0 Å². The van der Waals surface area contributed by atoms with Crippen molar-refractivity contribution in [3.8, 4) is 0 Å². The predicted octanol–water partition coefficient (Wildman–Crippen LogP) is 3.57. The van der Waals surface area contributed by atoms with E-state index in [9.17, 15) is 4.79 Å². The van der Waals surface area contributed by atoms with Gasteiger partial charge < -0.3 is 9.80 Å². The molecule has 2 rings (SSSR count). The normalized spacial score (nSPS) is 18.5. The Bertz CT molecular complexity index is 507. The molecule has 3 heteroatoms. The van der Waals surface area contributed by atoms with E-state index in [0.717, 1.165) is 40.8 Å². The molecule has 1 aliphatic heterocycles. The monoisotopic (exact) mass is 289 g/mol. The molecule has 1 fully saturated rings. The van der Waals surface area contributed by atoms with Crippen LogP contribution < -0.4 is 5.32 Å². The smallest absolute Gasteiger partial charge is 0.282 e. The first kappa shape index (κ1) is 16.0. The van der Waals surface area contributed by atoms with Crippen LogP contribution in [0.4, 0.5) is 5.69 Å². The molecule has 0 bridgehead atoms. The number of likely N-dealkylation sites (N-methyl/N-ethyl adjacent to an activating group) is 1. The molecule has 1 aromatic carbocycles. The molecular weight excluding hydrogens is 260 g/mol. The van der Waals surface area contributed by atoms with Gasteiger partial charge in [-0.2, -0.15) is 0 Å². The average molecular weight is 289 g/mol. The van der Waals surface area contributed by atoms with Crippen LogP contribution in [0, 0.1) is 20.8 Å². The maximum Gasteiger partial charge on any atom is 0.282 e. The molecule has 1 unspecified atom stereocenters. The lowest BCUT2D eigenvalue weighted by molar-refractivity contribution is -0.913. The second-order valence-corrected chi connectivity index (χ2v) is 6.82. The number of anilines is 1. The van der Waals surface area contributed by atoms with Crippen LogP contribution in [-0.4, -0.2) is 36.6 Å². The number of carbonyl (C=O) groups is 1. The fraction of sp³-hybridized carbons (Fsp3) is 0.611. The van der Waals surface area contributed by atoms with Crippen molar-refractivity contribution in [1.82, 2.24) is 0 Å². The topological polar surface area (TPSA) is 29.1 Å². The predicted molar refractivity (Wildman–Crippen MR) is 88.5 cm³/mol. The number of nitrogens with zero attached hydrogens (tertiary/aromatic N) is 1. The maximum absolute atomic E-state index is 12.8. The number of benzene rings is 1. The maximum atomic E-state index is 12.8. The van der Waals surface area contributed by atoms with Gasteiger partial charge in [-0.15, -0.1) is 0 Å². The summed E-state index contributed by atoms with van der Waals surface area (Å²) >= 11 is 0. The first-order valence-corrected chi connectivity index (χ1v) is 8.10. The Morgan fingerprint density at radius 1 is 1.19 bits per heavy atom. The number of carbonyl (C=O) groups excluding carboxylic acids is 1. The molecule has 3 nitrogen and oxygen atoms in total.